The van der Waals surface area contributed by atoms with Crippen LogP contribution in [-0.4, -0.2) is 37.0 Å². The lowest BCUT2D eigenvalue weighted by Gasteiger charge is -2.14. The van der Waals surface area contributed by atoms with Crippen LogP contribution < -0.4 is 4.90 Å². The van der Waals surface area contributed by atoms with E-state index >= 15 is 0 Å². The van der Waals surface area contributed by atoms with Crippen LogP contribution in [0.5, 0.6) is 0 Å². The first-order chi connectivity index (χ1) is 13.2. The summed E-state index contributed by atoms with van der Waals surface area (Å²) in [5, 5.41) is 0.730. The number of halogens is 1. The average molecular weight is 430 g/mol. The van der Waals surface area contributed by atoms with Crippen LogP contribution in [0.15, 0.2) is 72.0 Å². The molecular formula is C21H20BrNO4. The van der Waals surface area contributed by atoms with Crippen molar-refractivity contribution in [3.63, 3.8) is 0 Å². The minimum Gasteiger partial charge on any atom is -0.485 e. The molecule has 0 aliphatic carbocycles. The topological polar surface area (TPSA) is 55.8 Å². The summed E-state index contributed by atoms with van der Waals surface area (Å²) in [4.78, 5) is 27.1. The predicted molar refractivity (Wildman–Crippen MR) is 107 cm³/mol. The third-order valence-corrected chi connectivity index (χ3v) is 4.39. The van der Waals surface area contributed by atoms with E-state index in [4.69, 9.17) is 9.47 Å². The van der Waals surface area contributed by atoms with E-state index in [1.54, 1.807) is 24.3 Å². The first-order valence-electron chi connectivity index (χ1n) is 8.69. The minimum atomic E-state index is -0.433. The van der Waals surface area contributed by atoms with E-state index in [9.17, 15) is 9.59 Å². The molecule has 0 radical (unpaired) electrons. The maximum Gasteiger partial charge on any atom is 0.300 e. The first kappa shape index (κ1) is 19.3. The van der Waals surface area contributed by atoms with Crippen LogP contribution in [0.25, 0.3) is 0 Å². The second-order valence-electron chi connectivity index (χ2n) is 5.90. The molecule has 2 amide bonds. The monoisotopic (exact) mass is 429 g/mol. The Labute approximate surface area is 166 Å². The van der Waals surface area contributed by atoms with E-state index in [1.807, 2.05) is 36.4 Å². The molecule has 1 aliphatic rings. The molecule has 3 rings (SSSR count). The standard InChI is InChI=1S/C21H20BrNO4/c22-11-12-26-13-14-27-19-18(15-16-7-3-1-4-8-16)20(24)23(21(19)25)17-9-5-2-6-10-17/h1-10H,11-15H2. The van der Waals surface area contributed by atoms with Crippen LogP contribution >= 0.6 is 15.9 Å². The number of nitrogens with zero attached hydrogens (tertiary/aromatic N) is 1. The minimum absolute atomic E-state index is 0.107. The summed E-state index contributed by atoms with van der Waals surface area (Å²) in [6.45, 7) is 1.12. The zero-order valence-corrected chi connectivity index (χ0v) is 16.4. The van der Waals surface area contributed by atoms with E-state index in [-0.39, 0.29) is 18.3 Å². The summed E-state index contributed by atoms with van der Waals surface area (Å²) in [5.74, 6) is -0.667. The number of imide groups is 1. The molecule has 6 heteroatoms. The van der Waals surface area contributed by atoms with Gasteiger partial charge >= 0.3 is 5.91 Å². The number of carbonyl (C=O) groups is 2. The highest BCUT2D eigenvalue weighted by Crippen LogP contribution is 2.29. The molecule has 0 fully saturated rings. The van der Waals surface area contributed by atoms with Gasteiger partial charge in [0.2, 0.25) is 0 Å². The summed E-state index contributed by atoms with van der Waals surface area (Å²) in [6.07, 6.45) is 0.340. The fourth-order valence-corrected chi connectivity index (χ4v) is 3.06. The lowest BCUT2D eigenvalue weighted by molar-refractivity contribution is -0.122. The highest BCUT2D eigenvalue weighted by atomic mass is 79.9. The fraction of sp³-hybridized carbons (Fsp3) is 0.238. The van der Waals surface area contributed by atoms with Gasteiger partial charge in [-0.25, -0.2) is 4.90 Å². The average Bonchev–Trinajstić information content (AvgIpc) is 2.93. The summed E-state index contributed by atoms with van der Waals surface area (Å²) in [6, 6.07) is 18.5. The number of benzene rings is 2. The van der Waals surface area contributed by atoms with Gasteiger partial charge in [0.05, 0.1) is 24.5 Å². The van der Waals surface area contributed by atoms with Crippen LogP contribution in [0.3, 0.4) is 0 Å². The van der Waals surface area contributed by atoms with Crippen molar-refractivity contribution in [1.29, 1.82) is 0 Å². The molecule has 0 atom stereocenters. The Morgan fingerprint density at radius 2 is 1.48 bits per heavy atom. The lowest BCUT2D eigenvalue weighted by Crippen LogP contribution is -2.32. The number of para-hydroxylation sites is 1. The smallest absolute Gasteiger partial charge is 0.300 e. The van der Waals surface area contributed by atoms with Crippen LogP contribution in [0, 0.1) is 0 Å². The molecule has 27 heavy (non-hydrogen) atoms. The second kappa shape index (κ2) is 9.48. The van der Waals surface area contributed by atoms with Gasteiger partial charge in [0.25, 0.3) is 5.91 Å². The predicted octanol–water partition coefficient (Wildman–Crippen LogP) is 3.48. The number of rotatable bonds is 9. The summed E-state index contributed by atoms with van der Waals surface area (Å²) >= 11 is 3.28. The van der Waals surface area contributed by atoms with Gasteiger partial charge in [0.15, 0.2) is 5.76 Å². The molecule has 2 aromatic rings. The first-order valence-corrected chi connectivity index (χ1v) is 9.82. The lowest BCUT2D eigenvalue weighted by atomic mass is 10.0. The summed E-state index contributed by atoms with van der Waals surface area (Å²) < 4.78 is 11.1. The van der Waals surface area contributed by atoms with E-state index in [0.29, 0.717) is 30.9 Å². The van der Waals surface area contributed by atoms with Gasteiger partial charge in [-0.15, -0.1) is 0 Å². The Kier molecular flexibility index (Phi) is 6.79. The molecule has 140 valence electrons. The van der Waals surface area contributed by atoms with Crippen molar-refractivity contribution in [3.05, 3.63) is 77.6 Å². The van der Waals surface area contributed by atoms with Crippen molar-refractivity contribution in [2.45, 2.75) is 6.42 Å². The molecule has 0 spiro atoms. The van der Waals surface area contributed by atoms with Crippen molar-refractivity contribution in [3.8, 4) is 0 Å². The molecule has 1 aliphatic heterocycles. The van der Waals surface area contributed by atoms with Gasteiger partial charge in [0, 0.05) is 11.8 Å². The molecule has 0 saturated heterocycles. The number of alkyl halides is 1. The van der Waals surface area contributed by atoms with E-state index in [1.165, 1.54) is 4.90 Å². The number of hydrogen-bond acceptors (Lipinski definition) is 4. The van der Waals surface area contributed by atoms with Crippen LogP contribution in [-0.2, 0) is 25.5 Å². The highest BCUT2D eigenvalue weighted by molar-refractivity contribution is 9.09. The van der Waals surface area contributed by atoms with Gasteiger partial charge in [-0.1, -0.05) is 64.5 Å². The fourth-order valence-electron chi connectivity index (χ4n) is 2.83. The van der Waals surface area contributed by atoms with Gasteiger partial charge in [-0.3, -0.25) is 9.59 Å². The number of hydrogen-bond donors (Lipinski definition) is 0. The van der Waals surface area contributed by atoms with Gasteiger partial charge in [-0.05, 0) is 17.7 Å². The zero-order valence-electron chi connectivity index (χ0n) is 14.8. The third-order valence-electron chi connectivity index (χ3n) is 4.07. The zero-order chi connectivity index (χ0) is 19.1. The summed E-state index contributed by atoms with van der Waals surface area (Å²) in [7, 11) is 0. The van der Waals surface area contributed by atoms with Crippen molar-refractivity contribution >= 4 is 33.4 Å². The number of ether oxygens (including phenoxy) is 2. The van der Waals surface area contributed by atoms with E-state index in [0.717, 1.165) is 10.9 Å². The number of amides is 2. The second-order valence-corrected chi connectivity index (χ2v) is 6.69. The Morgan fingerprint density at radius 1 is 0.815 bits per heavy atom. The highest BCUT2D eigenvalue weighted by Gasteiger charge is 2.40. The largest absolute Gasteiger partial charge is 0.485 e. The molecule has 5 nitrogen and oxygen atoms in total. The molecule has 0 aromatic heterocycles. The molecular weight excluding hydrogens is 410 g/mol. The van der Waals surface area contributed by atoms with Crippen LogP contribution in [0.2, 0.25) is 0 Å². The normalized spacial score (nSPS) is 14.2. The molecule has 1 heterocycles. The molecule has 0 bridgehead atoms. The number of carbonyl (C=O) groups excluding carboxylic acids is 2. The number of anilines is 1. The Bertz CT molecular complexity index is 821. The van der Waals surface area contributed by atoms with Crippen molar-refractivity contribution < 1.29 is 19.1 Å². The van der Waals surface area contributed by atoms with E-state index in [2.05, 4.69) is 15.9 Å². The maximum absolute atomic E-state index is 13.0. The molecule has 0 N–H and O–H groups in total. The third kappa shape index (κ3) is 4.64. The molecule has 0 saturated carbocycles. The van der Waals surface area contributed by atoms with Crippen molar-refractivity contribution in [1.82, 2.24) is 0 Å². The van der Waals surface area contributed by atoms with Gasteiger partial charge < -0.3 is 9.47 Å². The van der Waals surface area contributed by atoms with E-state index < -0.39 is 5.91 Å². The Morgan fingerprint density at radius 3 is 2.15 bits per heavy atom. The molecule has 0 unspecified atom stereocenters. The van der Waals surface area contributed by atoms with Gasteiger partial charge in [0.1, 0.15) is 6.61 Å². The van der Waals surface area contributed by atoms with Crippen molar-refractivity contribution in [2.24, 2.45) is 0 Å². The van der Waals surface area contributed by atoms with Crippen molar-refractivity contribution in [2.75, 3.05) is 30.1 Å². The SMILES string of the molecule is O=C1C(Cc2ccccc2)=C(OCCOCCBr)C(=O)N1c1ccccc1. The van der Waals surface area contributed by atoms with Gasteiger partial charge in [-0.2, -0.15) is 0 Å². The Balaban J connectivity index is 1.83. The van der Waals surface area contributed by atoms with Crippen LogP contribution in [0.1, 0.15) is 5.56 Å². The Hall–Kier alpha value is -2.44. The quantitative estimate of drug-likeness (QED) is 0.347. The van der Waals surface area contributed by atoms with Crippen LogP contribution in [0.4, 0.5) is 5.69 Å². The summed E-state index contributed by atoms with van der Waals surface area (Å²) in [5.41, 5.74) is 1.85. The molecule has 2 aromatic carbocycles. The maximum atomic E-state index is 13.0.